The minimum absolute atomic E-state index is 0.150. The zero-order valence-corrected chi connectivity index (χ0v) is 14.4. The zero-order chi connectivity index (χ0) is 16.9. The molecule has 0 saturated carbocycles. The minimum Gasteiger partial charge on any atom is -0.395 e. The summed E-state index contributed by atoms with van der Waals surface area (Å²) in [6.07, 6.45) is 0.984. The average Bonchev–Trinajstić information content (AvgIpc) is 3.13. The van der Waals surface area contributed by atoms with Crippen LogP contribution in [-0.4, -0.2) is 73.9 Å². The summed E-state index contributed by atoms with van der Waals surface area (Å²) in [6.45, 7) is 8.37. The standard InChI is InChI=1S/C17H26N6O/c1-3-15(13-24)22-11-9-21(10-12-22)14(2)17-18-19-20-23(17)16-7-5-4-6-8-16/h4-8,14-15,24H,3,9-13H2,1-2H3. The number of nitrogens with zero attached hydrogens (tertiary/aromatic N) is 6. The van der Waals surface area contributed by atoms with Crippen LogP contribution in [0.5, 0.6) is 0 Å². The van der Waals surface area contributed by atoms with Crippen LogP contribution in [-0.2, 0) is 0 Å². The largest absolute Gasteiger partial charge is 0.395 e. The molecule has 130 valence electrons. The molecule has 0 spiro atoms. The molecule has 0 radical (unpaired) electrons. The van der Waals surface area contributed by atoms with Crippen molar-refractivity contribution in [3.05, 3.63) is 36.2 Å². The third-order valence-corrected chi connectivity index (χ3v) is 4.96. The predicted octanol–water partition coefficient (Wildman–Crippen LogP) is 1.11. The molecule has 1 fully saturated rings. The summed E-state index contributed by atoms with van der Waals surface area (Å²) in [7, 11) is 0. The molecule has 24 heavy (non-hydrogen) atoms. The van der Waals surface area contributed by atoms with Crippen molar-refractivity contribution in [2.24, 2.45) is 0 Å². The van der Waals surface area contributed by atoms with Crippen molar-refractivity contribution < 1.29 is 5.11 Å². The highest BCUT2D eigenvalue weighted by Gasteiger charge is 2.28. The monoisotopic (exact) mass is 330 g/mol. The molecular formula is C17H26N6O. The van der Waals surface area contributed by atoms with E-state index in [1.807, 2.05) is 35.0 Å². The highest BCUT2D eigenvalue weighted by atomic mass is 16.3. The normalized spacial score (nSPS) is 19.3. The number of hydrogen-bond acceptors (Lipinski definition) is 6. The fraction of sp³-hybridized carbons (Fsp3) is 0.588. The summed E-state index contributed by atoms with van der Waals surface area (Å²) in [5, 5.41) is 21.8. The van der Waals surface area contributed by atoms with Crippen molar-refractivity contribution in [2.45, 2.75) is 32.4 Å². The van der Waals surface area contributed by atoms with Crippen molar-refractivity contribution in [2.75, 3.05) is 32.8 Å². The lowest BCUT2D eigenvalue weighted by molar-refractivity contribution is 0.0466. The molecule has 2 unspecified atom stereocenters. The molecule has 7 nitrogen and oxygen atoms in total. The van der Waals surface area contributed by atoms with Gasteiger partial charge in [-0.1, -0.05) is 25.1 Å². The Morgan fingerprint density at radius 3 is 2.38 bits per heavy atom. The van der Waals surface area contributed by atoms with Gasteiger partial charge in [0.15, 0.2) is 5.82 Å². The number of tetrazole rings is 1. The number of aliphatic hydroxyl groups is 1. The van der Waals surface area contributed by atoms with Gasteiger partial charge in [0.1, 0.15) is 0 Å². The number of aliphatic hydroxyl groups excluding tert-OH is 1. The molecule has 1 N–H and O–H groups in total. The van der Waals surface area contributed by atoms with Crippen molar-refractivity contribution in [3.8, 4) is 5.69 Å². The molecule has 2 heterocycles. The van der Waals surface area contributed by atoms with Crippen LogP contribution in [0.1, 0.15) is 32.1 Å². The first-order valence-electron chi connectivity index (χ1n) is 8.67. The second-order valence-electron chi connectivity index (χ2n) is 6.28. The number of hydrogen-bond donors (Lipinski definition) is 1. The van der Waals surface area contributed by atoms with Crippen LogP contribution in [0.3, 0.4) is 0 Å². The Balaban J connectivity index is 1.69. The van der Waals surface area contributed by atoms with Crippen molar-refractivity contribution >= 4 is 0 Å². The van der Waals surface area contributed by atoms with E-state index in [4.69, 9.17) is 0 Å². The van der Waals surface area contributed by atoms with E-state index in [1.54, 1.807) is 0 Å². The topological polar surface area (TPSA) is 70.3 Å². The predicted molar refractivity (Wildman–Crippen MR) is 91.9 cm³/mol. The van der Waals surface area contributed by atoms with E-state index in [0.717, 1.165) is 44.1 Å². The van der Waals surface area contributed by atoms with Gasteiger partial charge in [-0.2, -0.15) is 4.68 Å². The van der Waals surface area contributed by atoms with E-state index in [0.29, 0.717) is 0 Å². The van der Waals surface area contributed by atoms with E-state index >= 15 is 0 Å². The number of piperazine rings is 1. The van der Waals surface area contributed by atoms with Crippen LogP contribution in [0.25, 0.3) is 5.69 Å². The molecule has 2 atom stereocenters. The van der Waals surface area contributed by atoms with Crippen LogP contribution >= 0.6 is 0 Å². The molecule has 1 saturated heterocycles. The van der Waals surface area contributed by atoms with E-state index in [1.165, 1.54) is 0 Å². The lowest BCUT2D eigenvalue weighted by atomic mass is 10.1. The lowest BCUT2D eigenvalue weighted by Gasteiger charge is -2.40. The SMILES string of the molecule is CCC(CO)N1CCN(C(C)c2nnnn2-c2ccccc2)CC1. The smallest absolute Gasteiger partial charge is 0.173 e. The molecule has 1 aromatic carbocycles. The van der Waals surface area contributed by atoms with Gasteiger partial charge in [0.2, 0.25) is 0 Å². The van der Waals surface area contributed by atoms with Gasteiger partial charge < -0.3 is 5.11 Å². The maximum Gasteiger partial charge on any atom is 0.173 e. The Morgan fingerprint density at radius 2 is 1.75 bits per heavy atom. The number of rotatable bonds is 6. The van der Waals surface area contributed by atoms with Gasteiger partial charge in [-0.15, -0.1) is 5.10 Å². The first kappa shape index (κ1) is 17.0. The molecule has 0 bridgehead atoms. The summed E-state index contributed by atoms with van der Waals surface area (Å²) < 4.78 is 1.82. The van der Waals surface area contributed by atoms with Crippen LogP contribution in [0.2, 0.25) is 0 Å². The summed E-state index contributed by atoms with van der Waals surface area (Å²) >= 11 is 0. The number of benzene rings is 1. The van der Waals surface area contributed by atoms with Gasteiger partial charge in [0.05, 0.1) is 18.3 Å². The van der Waals surface area contributed by atoms with Crippen LogP contribution in [0.15, 0.2) is 30.3 Å². The maximum atomic E-state index is 9.48. The molecular weight excluding hydrogens is 304 g/mol. The Labute approximate surface area is 142 Å². The Morgan fingerprint density at radius 1 is 1.08 bits per heavy atom. The molecule has 2 aromatic rings. The van der Waals surface area contributed by atoms with E-state index in [2.05, 4.69) is 39.2 Å². The molecule has 0 amide bonds. The first-order chi connectivity index (χ1) is 11.7. The minimum atomic E-state index is 0.150. The van der Waals surface area contributed by atoms with Crippen molar-refractivity contribution in [1.29, 1.82) is 0 Å². The van der Waals surface area contributed by atoms with Gasteiger partial charge in [-0.25, -0.2) is 0 Å². The van der Waals surface area contributed by atoms with E-state index in [-0.39, 0.29) is 18.7 Å². The second kappa shape index (κ2) is 7.83. The van der Waals surface area contributed by atoms with Gasteiger partial charge >= 0.3 is 0 Å². The lowest BCUT2D eigenvalue weighted by Crippen LogP contribution is -2.51. The van der Waals surface area contributed by atoms with Crippen LogP contribution < -0.4 is 0 Å². The van der Waals surface area contributed by atoms with E-state index < -0.39 is 0 Å². The van der Waals surface area contributed by atoms with Gasteiger partial charge in [-0.3, -0.25) is 9.80 Å². The fourth-order valence-electron chi connectivity index (χ4n) is 3.36. The molecule has 7 heteroatoms. The quantitative estimate of drug-likeness (QED) is 0.856. The average molecular weight is 330 g/mol. The second-order valence-corrected chi connectivity index (χ2v) is 6.28. The molecule has 1 aromatic heterocycles. The van der Waals surface area contributed by atoms with Crippen LogP contribution in [0, 0.1) is 0 Å². The molecule has 1 aliphatic heterocycles. The third kappa shape index (κ3) is 3.48. The summed E-state index contributed by atoms with van der Waals surface area (Å²) in [5.74, 6) is 0.865. The third-order valence-electron chi connectivity index (χ3n) is 4.96. The van der Waals surface area contributed by atoms with Crippen LogP contribution in [0.4, 0.5) is 0 Å². The fourth-order valence-corrected chi connectivity index (χ4v) is 3.36. The Kier molecular flexibility index (Phi) is 5.55. The molecule has 0 aliphatic carbocycles. The van der Waals surface area contributed by atoms with Crippen molar-refractivity contribution in [3.63, 3.8) is 0 Å². The molecule has 3 rings (SSSR count). The highest BCUT2D eigenvalue weighted by molar-refractivity contribution is 5.30. The van der Waals surface area contributed by atoms with Gasteiger partial charge in [0.25, 0.3) is 0 Å². The van der Waals surface area contributed by atoms with Crippen molar-refractivity contribution in [1.82, 2.24) is 30.0 Å². The Hall–Kier alpha value is -1.83. The first-order valence-corrected chi connectivity index (χ1v) is 8.67. The highest BCUT2D eigenvalue weighted by Crippen LogP contribution is 2.22. The number of aromatic nitrogens is 4. The number of para-hydroxylation sites is 1. The van der Waals surface area contributed by atoms with Gasteiger partial charge in [0, 0.05) is 32.2 Å². The Bertz CT molecular complexity index is 619. The van der Waals surface area contributed by atoms with E-state index in [9.17, 15) is 5.11 Å². The summed E-state index contributed by atoms with van der Waals surface area (Å²) in [6, 6.07) is 10.4. The van der Waals surface area contributed by atoms with Gasteiger partial charge in [-0.05, 0) is 35.9 Å². The summed E-state index contributed by atoms with van der Waals surface area (Å²) in [4.78, 5) is 4.79. The molecule has 1 aliphatic rings. The zero-order valence-electron chi connectivity index (χ0n) is 14.4. The summed E-state index contributed by atoms with van der Waals surface area (Å²) in [5.41, 5.74) is 0.981. The maximum absolute atomic E-state index is 9.48.